The van der Waals surface area contributed by atoms with E-state index < -0.39 is 9.84 Å². The lowest BCUT2D eigenvalue weighted by molar-refractivity contribution is 0.243. The Kier molecular flexibility index (Phi) is 2.86. The Hall–Kier alpha value is -1.02. The number of aromatic nitrogens is 4. The minimum Gasteiger partial charge on any atom is -0.295 e. The van der Waals surface area contributed by atoms with Crippen LogP contribution in [-0.2, 0) is 16.4 Å². The van der Waals surface area contributed by atoms with Gasteiger partial charge in [0.15, 0.2) is 15.7 Å². The number of hydrogen-bond donors (Lipinski definition) is 0. The van der Waals surface area contributed by atoms with E-state index in [0.29, 0.717) is 24.8 Å². The highest BCUT2D eigenvalue weighted by molar-refractivity contribution is 7.91. The van der Waals surface area contributed by atoms with Gasteiger partial charge in [0, 0.05) is 6.04 Å². The number of rotatable bonds is 4. The summed E-state index contributed by atoms with van der Waals surface area (Å²) >= 11 is 0. The Labute approximate surface area is 106 Å². The second-order valence-electron chi connectivity index (χ2n) is 5.24. The van der Waals surface area contributed by atoms with Crippen LogP contribution in [0.1, 0.15) is 31.1 Å². The molecule has 0 N–H and O–H groups in total. The van der Waals surface area contributed by atoms with Crippen LogP contribution in [-0.4, -0.2) is 58.1 Å². The van der Waals surface area contributed by atoms with Crippen LogP contribution in [0.3, 0.4) is 0 Å². The van der Waals surface area contributed by atoms with Crippen molar-refractivity contribution in [3.05, 3.63) is 5.82 Å². The quantitative estimate of drug-likeness (QED) is 0.743. The smallest absolute Gasteiger partial charge is 0.165 e. The summed E-state index contributed by atoms with van der Waals surface area (Å²) in [6, 6.07) is 0.551. The van der Waals surface area contributed by atoms with Gasteiger partial charge < -0.3 is 0 Å². The largest absolute Gasteiger partial charge is 0.295 e. The molecule has 1 aromatic rings. The van der Waals surface area contributed by atoms with Crippen molar-refractivity contribution in [3.63, 3.8) is 0 Å². The molecule has 1 saturated heterocycles. The first-order chi connectivity index (χ1) is 8.55. The topological polar surface area (TPSA) is 81.0 Å². The molecule has 1 atom stereocenters. The van der Waals surface area contributed by atoms with E-state index in [-0.39, 0.29) is 11.8 Å². The first-order valence-corrected chi connectivity index (χ1v) is 8.05. The highest BCUT2D eigenvalue weighted by Gasteiger charge is 2.32. The molecule has 100 valence electrons. The number of nitrogens with zero attached hydrogens (tertiary/aromatic N) is 5. The van der Waals surface area contributed by atoms with Crippen molar-refractivity contribution in [2.24, 2.45) is 0 Å². The molecule has 1 aliphatic heterocycles. The molecule has 0 spiro atoms. The molecule has 0 aromatic carbocycles. The maximum atomic E-state index is 11.5. The Bertz CT molecular complexity index is 536. The molecule has 2 aliphatic rings. The average Bonchev–Trinajstić information content (AvgIpc) is 2.94. The highest BCUT2D eigenvalue weighted by Crippen LogP contribution is 2.34. The Balaban J connectivity index is 1.67. The lowest BCUT2D eigenvalue weighted by atomic mass is 10.2. The summed E-state index contributed by atoms with van der Waals surface area (Å²) in [6.45, 7) is 0.615. The maximum absolute atomic E-state index is 11.5. The molecule has 7 nitrogen and oxygen atoms in total. The molecule has 18 heavy (non-hydrogen) atoms. The molecular weight excluding hydrogens is 254 g/mol. The lowest BCUT2D eigenvalue weighted by Gasteiger charge is -2.22. The summed E-state index contributed by atoms with van der Waals surface area (Å²) < 4.78 is 24.8. The van der Waals surface area contributed by atoms with Gasteiger partial charge in [0.05, 0.1) is 24.1 Å². The van der Waals surface area contributed by atoms with Crippen LogP contribution in [0.4, 0.5) is 0 Å². The zero-order chi connectivity index (χ0) is 12.8. The molecule has 1 aliphatic carbocycles. The van der Waals surface area contributed by atoms with Gasteiger partial charge in [-0.2, -0.15) is 0 Å². The van der Waals surface area contributed by atoms with E-state index in [1.54, 1.807) is 0 Å². The summed E-state index contributed by atoms with van der Waals surface area (Å²) in [5.41, 5.74) is 0. The van der Waals surface area contributed by atoms with E-state index in [9.17, 15) is 8.42 Å². The molecule has 0 amide bonds. The summed E-state index contributed by atoms with van der Waals surface area (Å²) in [6.07, 6.45) is 2.99. The number of sulfone groups is 1. The van der Waals surface area contributed by atoms with Gasteiger partial charge in [-0.3, -0.25) is 4.90 Å². The van der Waals surface area contributed by atoms with Crippen LogP contribution in [0.2, 0.25) is 0 Å². The number of tetrazole rings is 1. The highest BCUT2D eigenvalue weighted by atomic mass is 32.2. The molecule has 8 heteroatoms. The zero-order valence-corrected chi connectivity index (χ0v) is 11.2. The SMILES string of the molecule is CN(Cc1nnnn1C1CC1)[C@@H]1CCS(=O)(=O)C1. The van der Waals surface area contributed by atoms with Crippen LogP contribution in [0, 0.1) is 0 Å². The molecule has 3 rings (SSSR count). The van der Waals surface area contributed by atoms with Crippen LogP contribution < -0.4 is 0 Å². The van der Waals surface area contributed by atoms with Gasteiger partial charge in [0.1, 0.15) is 0 Å². The molecular formula is C10H17N5O2S. The summed E-state index contributed by atoms with van der Waals surface area (Å²) in [4.78, 5) is 2.05. The van der Waals surface area contributed by atoms with Gasteiger partial charge in [-0.15, -0.1) is 5.10 Å². The van der Waals surface area contributed by atoms with E-state index in [4.69, 9.17) is 0 Å². The van der Waals surface area contributed by atoms with Crippen LogP contribution >= 0.6 is 0 Å². The minimum absolute atomic E-state index is 0.0966. The van der Waals surface area contributed by atoms with Gasteiger partial charge in [0.25, 0.3) is 0 Å². The van der Waals surface area contributed by atoms with Gasteiger partial charge in [-0.05, 0) is 36.7 Å². The molecule has 1 saturated carbocycles. The monoisotopic (exact) mass is 271 g/mol. The predicted molar refractivity (Wildman–Crippen MR) is 64.6 cm³/mol. The molecule has 1 aromatic heterocycles. The van der Waals surface area contributed by atoms with Crippen molar-refractivity contribution < 1.29 is 8.42 Å². The second kappa shape index (κ2) is 4.27. The predicted octanol–water partition coefficient (Wildman–Crippen LogP) is -0.373. The number of hydrogen-bond acceptors (Lipinski definition) is 6. The van der Waals surface area contributed by atoms with E-state index in [1.165, 1.54) is 0 Å². The van der Waals surface area contributed by atoms with Crippen molar-refractivity contribution in [2.75, 3.05) is 18.6 Å². The van der Waals surface area contributed by atoms with Crippen molar-refractivity contribution >= 4 is 9.84 Å². The third kappa shape index (κ3) is 2.39. The fourth-order valence-corrected chi connectivity index (χ4v) is 4.20. The van der Waals surface area contributed by atoms with E-state index in [1.807, 2.05) is 11.7 Å². The normalized spacial score (nSPS) is 26.9. The van der Waals surface area contributed by atoms with Crippen LogP contribution in [0.15, 0.2) is 0 Å². The second-order valence-corrected chi connectivity index (χ2v) is 7.47. The molecule has 2 fully saturated rings. The lowest BCUT2D eigenvalue weighted by Crippen LogP contribution is -2.33. The third-order valence-corrected chi connectivity index (χ3v) is 5.43. The summed E-state index contributed by atoms with van der Waals surface area (Å²) in [5.74, 6) is 1.40. The van der Waals surface area contributed by atoms with Crippen molar-refractivity contribution in [1.82, 2.24) is 25.1 Å². The Morgan fingerprint density at radius 3 is 2.78 bits per heavy atom. The van der Waals surface area contributed by atoms with E-state index in [2.05, 4.69) is 20.4 Å². The first kappa shape index (κ1) is 12.0. The molecule has 0 bridgehead atoms. The molecule has 0 unspecified atom stereocenters. The fraction of sp³-hybridized carbons (Fsp3) is 0.900. The van der Waals surface area contributed by atoms with E-state index >= 15 is 0 Å². The van der Waals surface area contributed by atoms with Crippen LogP contribution in [0.25, 0.3) is 0 Å². The Morgan fingerprint density at radius 2 is 2.17 bits per heavy atom. The van der Waals surface area contributed by atoms with Crippen molar-refractivity contribution in [1.29, 1.82) is 0 Å². The average molecular weight is 271 g/mol. The summed E-state index contributed by atoms with van der Waals surface area (Å²) in [5, 5.41) is 11.7. The maximum Gasteiger partial charge on any atom is 0.165 e. The third-order valence-electron chi connectivity index (χ3n) is 3.68. The Morgan fingerprint density at radius 1 is 1.39 bits per heavy atom. The van der Waals surface area contributed by atoms with Gasteiger partial charge in [-0.25, -0.2) is 13.1 Å². The standard InChI is InChI=1S/C10H17N5O2S/c1-14(9-4-5-18(16,17)7-9)6-10-11-12-13-15(10)8-2-3-8/h8-9H,2-7H2,1H3/t9-/m1/s1. The van der Waals surface area contributed by atoms with Crippen molar-refractivity contribution in [3.8, 4) is 0 Å². The van der Waals surface area contributed by atoms with Gasteiger partial charge >= 0.3 is 0 Å². The van der Waals surface area contributed by atoms with Gasteiger partial charge in [-0.1, -0.05) is 0 Å². The van der Waals surface area contributed by atoms with E-state index in [0.717, 1.165) is 18.7 Å². The van der Waals surface area contributed by atoms with Gasteiger partial charge in [0.2, 0.25) is 0 Å². The minimum atomic E-state index is -2.83. The fourth-order valence-electron chi connectivity index (χ4n) is 2.39. The first-order valence-electron chi connectivity index (χ1n) is 6.22. The molecule has 0 radical (unpaired) electrons. The van der Waals surface area contributed by atoms with Crippen molar-refractivity contribution in [2.45, 2.75) is 37.9 Å². The van der Waals surface area contributed by atoms with Crippen LogP contribution in [0.5, 0.6) is 0 Å². The summed E-state index contributed by atoms with van der Waals surface area (Å²) in [7, 11) is -0.892. The molecule has 2 heterocycles. The zero-order valence-electron chi connectivity index (χ0n) is 10.4.